The molecule has 2 aromatic rings. The van der Waals surface area contributed by atoms with Crippen molar-refractivity contribution in [3.8, 4) is 0 Å². The minimum Gasteiger partial charge on any atom is -0.300 e. The molecule has 0 aliphatic carbocycles. The van der Waals surface area contributed by atoms with Crippen molar-refractivity contribution in [3.05, 3.63) is 51.5 Å². The van der Waals surface area contributed by atoms with Gasteiger partial charge in [-0.05, 0) is 37.8 Å². The maximum atomic E-state index is 12.5. The number of likely N-dealkylation sites (tertiary alicyclic amines) is 1. The normalized spacial score (nSPS) is 18.0. The number of rotatable bonds is 7. The molecular formula is C21H26N2O2S. The summed E-state index contributed by atoms with van der Waals surface area (Å²) in [6, 6.07) is 7.34. The third-order valence-corrected chi connectivity index (χ3v) is 5.66. The van der Waals surface area contributed by atoms with E-state index in [1.165, 1.54) is 12.8 Å². The maximum Gasteiger partial charge on any atom is 0.169 e. The van der Waals surface area contributed by atoms with Gasteiger partial charge >= 0.3 is 0 Å². The third kappa shape index (κ3) is 5.32. The molecule has 1 unspecified atom stereocenters. The summed E-state index contributed by atoms with van der Waals surface area (Å²) in [5.74, 6) is 0.962. The lowest BCUT2D eigenvalue weighted by Crippen LogP contribution is -2.33. The van der Waals surface area contributed by atoms with Crippen molar-refractivity contribution >= 4 is 22.9 Å². The van der Waals surface area contributed by atoms with E-state index in [0.717, 1.165) is 41.8 Å². The predicted molar refractivity (Wildman–Crippen MR) is 105 cm³/mol. The molecule has 138 valence electrons. The van der Waals surface area contributed by atoms with Crippen molar-refractivity contribution in [2.45, 2.75) is 46.1 Å². The first-order chi connectivity index (χ1) is 12.5. The second kappa shape index (κ2) is 8.69. The van der Waals surface area contributed by atoms with Crippen LogP contribution in [0.4, 0.5) is 0 Å². The first-order valence-corrected chi connectivity index (χ1v) is 10.1. The van der Waals surface area contributed by atoms with Gasteiger partial charge in [-0.2, -0.15) is 0 Å². The van der Waals surface area contributed by atoms with Gasteiger partial charge in [0.1, 0.15) is 10.8 Å². The maximum absolute atomic E-state index is 12.5. The Hall–Kier alpha value is -1.85. The van der Waals surface area contributed by atoms with Gasteiger partial charge < -0.3 is 0 Å². The van der Waals surface area contributed by atoms with Crippen LogP contribution in [0, 0.1) is 5.92 Å². The molecule has 1 fully saturated rings. The zero-order valence-electron chi connectivity index (χ0n) is 15.5. The lowest BCUT2D eigenvalue weighted by atomic mass is 10.0. The fraction of sp³-hybridized carbons (Fsp3) is 0.476. The standard InChI is InChI=1S/C21H26N2O2S/c1-15-4-3-9-23(12-15)13-19-14-26-21(22-19)11-20(25)18-7-5-17(6-8-18)10-16(2)24/h5-8,14-15H,3-4,9-13H2,1-2H3. The summed E-state index contributed by atoms with van der Waals surface area (Å²) >= 11 is 1.57. The SMILES string of the molecule is CC(=O)Cc1ccc(C(=O)Cc2nc(CN3CCCC(C)C3)cs2)cc1. The van der Waals surface area contributed by atoms with Gasteiger partial charge in [0.05, 0.1) is 12.1 Å². The fourth-order valence-corrected chi connectivity index (χ4v) is 4.28. The molecule has 0 N–H and O–H groups in total. The summed E-state index contributed by atoms with van der Waals surface area (Å²) in [5, 5.41) is 2.96. The molecular weight excluding hydrogens is 344 g/mol. The number of Topliss-reactive ketones (excluding diaryl/α,β-unsaturated/α-hetero) is 2. The first-order valence-electron chi connectivity index (χ1n) is 9.27. The van der Waals surface area contributed by atoms with E-state index in [2.05, 4.69) is 22.2 Å². The van der Waals surface area contributed by atoms with Crippen LogP contribution < -0.4 is 0 Å². The van der Waals surface area contributed by atoms with Crippen LogP contribution >= 0.6 is 11.3 Å². The fourth-order valence-electron chi connectivity index (χ4n) is 3.50. The molecule has 1 saturated heterocycles. The van der Waals surface area contributed by atoms with Crippen LogP contribution in [0.1, 0.15) is 53.3 Å². The highest BCUT2D eigenvalue weighted by Gasteiger charge is 2.18. The van der Waals surface area contributed by atoms with E-state index in [1.54, 1.807) is 18.3 Å². The summed E-state index contributed by atoms with van der Waals surface area (Å²) in [6.45, 7) is 7.04. The van der Waals surface area contributed by atoms with Gasteiger partial charge in [0, 0.05) is 30.5 Å². The van der Waals surface area contributed by atoms with Gasteiger partial charge in [0.2, 0.25) is 0 Å². The Balaban J connectivity index is 1.56. The van der Waals surface area contributed by atoms with Crippen molar-refractivity contribution in [1.82, 2.24) is 9.88 Å². The topological polar surface area (TPSA) is 50.3 Å². The summed E-state index contributed by atoms with van der Waals surface area (Å²) < 4.78 is 0. The molecule has 0 amide bonds. The van der Waals surface area contributed by atoms with E-state index in [-0.39, 0.29) is 11.6 Å². The van der Waals surface area contributed by atoms with Crippen molar-refractivity contribution in [3.63, 3.8) is 0 Å². The van der Waals surface area contributed by atoms with Crippen LogP contribution in [-0.2, 0) is 24.2 Å². The van der Waals surface area contributed by atoms with Gasteiger partial charge in [-0.1, -0.05) is 31.2 Å². The molecule has 0 spiro atoms. The molecule has 4 nitrogen and oxygen atoms in total. The van der Waals surface area contributed by atoms with E-state index in [4.69, 9.17) is 0 Å². The van der Waals surface area contributed by atoms with Crippen molar-refractivity contribution < 1.29 is 9.59 Å². The summed E-state index contributed by atoms with van der Waals surface area (Å²) in [7, 11) is 0. The number of carbonyl (C=O) groups is 2. The zero-order chi connectivity index (χ0) is 18.5. The molecule has 0 bridgehead atoms. The molecule has 1 atom stereocenters. The largest absolute Gasteiger partial charge is 0.300 e. The van der Waals surface area contributed by atoms with Crippen LogP contribution in [-0.4, -0.2) is 34.5 Å². The van der Waals surface area contributed by atoms with Crippen molar-refractivity contribution in [2.75, 3.05) is 13.1 Å². The molecule has 2 heterocycles. The molecule has 1 aliphatic heterocycles. The quantitative estimate of drug-likeness (QED) is 0.693. The number of benzene rings is 1. The first kappa shape index (κ1) is 18.9. The lowest BCUT2D eigenvalue weighted by Gasteiger charge is -2.30. The van der Waals surface area contributed by atoms with Crippen LogP contribution in [0.15, 0.2) is 29.6 Å². The third-order valence-electron chi connectivity index (χ3n) is 4.77. The number of aromatic nitrogens is 1. The highest BCUT2D eigenvalue weighted by molar-refractivity contribution is 7.09. The Morgan fingerprint density at radius 3 is 2.69 bits per heavy atom. The number of nitrogens with zero attached hydrogens (tertiary/aromatic N) is 2. The smallest absolute Gasteiger partial charge is 0.169 e. The van der Waals surface area contributed by atoms with Gasteiger partial charge in [0.25, 0.3) is 0 Å². The highest BCUT2D eigenvalue weighted by atomic mass is 32.1. The predicted octanol–water partition coefficient (Wildman–Crippen LogP) is 3.93. The summed E-state index contributed by atoms with van der Waals surface area (Å²) in [6.07, 6.45) is 3.33. The van der Waals surface area contributed by atoms with Crippen LogP contribution in [0.3, 0.4) is 0 Å². The second-order valence-electron chi connectivity index (χ2n) is 7.39. The monoisotopic (exact) mass is 370 g/mol. The molecule has 1 aromatic carbocycles. The van der Waals surface area contributed by atoms with Gasteiger partial charge in [-0.15, -0.1) is 11.3 Å². The molecule has 1 aliphatic rings. The molecule has 26 heavy (non-hydrogen) atoms. The van der Waals surface area contributed by atoms with Crippen LogP contribution in [0.25, 0.3) is 0 Å². The number of hydrogen-bond acceptors (Lipinski definition) is 5. The van der Waals surface area contributed by atoms with E-state index in [0.29, 0.717) is 18.4 Å². The minimum atomic E-state index is 0.0758. The average molecular weight is 371 g/mol. The lowest BCUT2D eigenvalue weighted by molar-refractivity contribution is -0.116. The van der Waals surface area contributed by atoms with Gasteiger partial charge in [-0.3, -0.25) is 14.5 Å². The van der Waals surface area contributed by atoms with Crippen LogP contribution in [0.2, 0.25) is 0 Å². The summed E-state index contributed by atoms with van der Waals surface area (Å²) in [5.41, 5.74) is 2.70. The average Bonchev–Trinajstić information content (AvgIpc) is 3.02. The van der Waals surface area contributed by atoms with E-state index in [1.807, 2.05) is 24.3 Å². The molecule has 1 aromatic heterocycles. The van der Waals surface area contributed by atoms with E-state index < -0.39 is 0 Å². The van der Waals surface area contributed by atoms with Gasteiger partial charge in [0.15, 0.2) is 5.78 Å². The molecule has 0 saturated carbocycles. The van der Waals surface area contributed by atoms with Crippen molar-refractivity contribution in [1.29, 1.82) is 0 Å². The number of hydrogen-bond donors (Lipinski definition) is 0. The van der Waals surface area contributed by atoms with Crippen LogP contribution in [0.5, 0.6) is 0 Å². The Morgan fingerprint density at radius 1 is 1.23 bits per heavy atom. The Kier molecular flexibility index (Phi) is 6.33. The minimum absolute atomic E-state index is 0.0758. The number of piperidine rings is 1. The number of ketones is 2. The van der Waals surface area contributed by atoms with Gasteiger partial charge in [-0.25, -0.2) is 4.98 Å². The number of carbonyl (C=O) groups excluding carboxylic acids is 2. The van der Waals surface area contributed by atoms with E-state index in [9.17, 15) is 9.59 Å². The molecule has 3 rings (SSSR count). The zero-order valence-corrected chi connectivity index (χ0v) is 16.3. The Labute approximate surface area is 159 Å². The number of thiazole rings is 1. The Morgan fingerprint density at radius 2 is 2.00 bits per heavy atom. The Bertz CT molecular complexity index is 767. The second-order valence-corrected chi connectivity index (χ2v) is 8.33. The summed E-state index contributed by atoms with van der Waals surface area (Å²) in [4.78, 5) is 30.8. The van der Waals surface area contributed by atoms with E-state index >= 15 is 0 Å². The molecule has 0 radical (unpaired) electrons. The highest BCUT2D eigenvalue weighted by Crippen LogP contribution is 2.20. The van der Waals surface area contributed by atoms with Crippen molar-refractivity contribution in [2.24, 2.45) is 5.92 Å². The molecule has 5 heteroatoms.